The lowest BCUT2D eigenvalue weighted by atomic mass is 10.1. The van der Waals surface area contributed by atoms with Crippen LogP contribution in [0.3, 0.4) is 0 Å². The fraction of sp³-hybridized carbons (Fsp3) is 0. The van der Waals surface area contributed by atoms with E-state index >= 15 is 0 Å². The SMILES string of the molecule is C=COc1ccc(-c2cc(N)nc(N)n2)cc1. The first-order valence-corrected chi connectivity index (χ1v) is 4.97. The van der Waals surface area contributed by atoms with Crippen molar-refractivity contribution in [3.8, 4) is 17.0 Å². The van der Waals surface area contributed by atoms with Crippen LogP contribution in [-0.2, 0) is 0 Å². The average Bonchev–Trinajstić information content (AvgIpc) is 2.29. The number of aromatic nitrogens is 2. The van der Waals surface area contributed by atoms with Crippen molar-refractivity contribution in [2.24, 2.45) is 0 Å². The molecular formula is C12H12N4O. The molecule has 5 nitrogen and oxygen atoms in total. The number of hydrogen-bond acceptors (Lipinski definition) is 5. The lowest BCUT2D eigenvalue weighted by Gasteiger charge is -2.04. The number of rotatable bonds is 3. The molecule has 86 valence electrons. The molecule has 0 amide bonds. The van der Waals surface area contributed by atoms with Crippen LogP contribution < -0.4 is 16.2 Å². The maximum atomic E-state index is 5.61. The van der Waals surface area contributed by atoms with E-state index in [0.717, 1.165) is 5.56 Å². The molecule has 5 heteroatoms. The number of ether oxygens (including phenoxy) is 1. The van der Waals surface area contributed by atoms with Crippen LogP contribution in [0.4, 0.5) is 11.8 Å². The maximum absolute atomic E-state index is 5.61. The topological polar surface area (TPSA) is 87.0 Å². The third-order valence-electron chi connectivity index (χ3n) is 2.13. The Hall–Kier alpha value is -2.56. The van der Waals surface area contributed by atoms with Crippen LogP contribution in [0, 0.1) is 0 Å². The summed E-state index contributed by atoms with van der Waals surface area (Å²) in [5, 5.41) is 0. The molecule has 2 rings (SSSR count). The van der Waals surface area contributed by atoms with E-state index in [9.17, 15) is 0 Å². The van der Waals surface area contributed by atoms with Gasteiger partial charge in [0.1, 0.15) is 11.6 Å². The Balaban J connectivity index is 2.35. The van der Waals surface area contributed by atoms with Gasteiger partial charge in [0.15, 0.2) is 0 Å². The largest absolute Gasteiger partial charge is 0.466 e. The van der Waals surface area contributed by atoms with Crippen molar-refractivity contribution < 1.29 is 4.74 Å². The fourth-order valence-electron chi connectivity index (χ4n) is 1.43. The van der Waals surface area contributed by atoms with E-state index in [2.05, 4.69) is 16.5 Å². The van der Waals surface area contributed by atoms with Gasteiger partial charge in [0.2, 0.25) is 5.95 Å². The summed E-state index contributed by atoms with van der Waals surface area (Å²) in [5.74, 6) is 1.21. The molecule has 0 bridgehead atoms. The molecule has 0 fully saturated rings. The number of benzene rings is 1. The Morgan fingerprint density at radius 1 is 1.12 bits per heavy atom. The van der Waals surface area contributed by atoms with E-state index in [-0.39, 0.29) is 5.95 Å². The van der Waals surface area contributed by atoms with Crippen molar-refractivity contribution in [3.63, 3.8) is 0 Å². The Morgan fingerprint density at radius 3 is 2.41 bits per heavy atom. The quantitative estimate of drug-likeness (QED) is 0.782. The van der Waals surface area contributed by atoms with Gasteiger partial charge in [-0.3, -0.25) is 0 Å². The molecule has 0 aliphatic carbocycles. The molecule has 0 unspecified atom stereocenters. The molecule has 0 radical (unpaired) electrons. The fourth-order valence-corrected chi connectivity index (χ4v) is 1.43. The summed E-state index contributed by atoms with van der Waals surface area (Å²) < 4.78 is 5.13. The normalized spacial score (nSPS) is 9.88. The lowest BCUT2D eigenvalue weighted by Crippen LogP contribution is -2.00. The molecule has 0 aliphatic heterocycles. The summed E-state index contributed by atoms with van der Waals surface area (Å²) in [6.07, 6.45) is 1.37. The third kappa shape index (κ3) is 2.52. The Bertz CT molecular complexity index is 516. The number of nitrogen functional groups attached to an aromatic ring is 2. The molecule has 1 aromatic carbocycles. The highest BCUT2D eigenvalue weighted by atomic mass is 16.5. The van der Waals surface area contributed by atoms with Crippen LogP contribution in [0.15, 0.2) is 43.2 Å². The average molecular weight is 228 g/mol. The summed E-state index contributed by atoms with van der Waals surface area (Å²) in [7, 11) is 0. The van der Waals surface area contributed by atoms with E-state index < -0.39 is 0 Å². The molecule has 0 atom stereocenters. The molecule has 0 aliphatic rings. The summed E-state index contributed by atoms with van der Waals surface area (Å²) in [5.41, 5.74) is 12.7. The summed E-state index contributed by atoms with van der Waals surface area (Å²) in [6, 6.07) is 9.01. The second-order valence-corrected chi connectivity index (χ2v) is 3.35. The van der Waals surface area contributed by atoms with Gasteiger partial charge < -0.3 is 16.2 Å². The predicted octanol–water partition coefficient (Wildman–Crippen LogP) is 1.83. The highest BCUT2D eigenvalue weighted by Crippen LogP contribution is 2.22. The standard InChI is InChI=1S/C12H12N4O/c1-2-17-9-5-3-8(4-6-9)10-7-11(13)16-12(14)15-10/h2-7H,1H2,(H4,13,14,15,16). The molecule has 0 spiro atoms. The van der Waals surface area contributed by atoms with Crippen molar-refractivity contribution in [2.45, 2.75) is 0 Å². The molecule has 17 heavy (non-hydrogen) atoms. The van der Waals surface area contributed by atoms with Crippen molar-refractivity contribution in [1.29, 1.82) is 0 Å². The predicted molar refractivity (Wildman–Crippen MR) is 67.1 cm³/mol. The van der Waals surface area contributed by atoms with Gasteiger partial charge in [0.25, 0.3) is 0 Å². The molecule has 0 saturated heterocycles. The van der Waals surface area contributed by atoms with E-state index in [4.69, 9.17) is 16.2 Å². The molecule has 1 aromatic heterocycles. The lowest BCUT2D eigenvalue weighted by molar-refractivity contribution is 0.483. The van der Waals surface area contributed by atoms with Crippen molar-refractivity contribution >= 4 is 11.8 Å². The zero-order valence-corrected chi connectivity index (χ0v) is 9.13. The van der Waals surface area contributed by atoms with Gasteiger partial charge in [0.05, 0.1) is 12.0 Å². The first-order chi connectivity index (χ1) is 8.19. The highest BCUT2D eigenvalue weighted by Gasteiger charge is 2.03. The van der Waals surface area contributed by atoms with Gasteiger partial charge in [-0.1, -0.05) is 6.58 Å². The second-order valence-electron chi connectivity index (χ2n) is 3.35. The first-order valence-electron chi connectivity index (χ1n) is 4.97. The van der Waals surface area contributed by atoms with Crippen molar-refractivity contribution in [2.75, 3.05) is 11.5 Å². The second kappa shape index (κ2) is 4.52. The number of anilines is 2. The van der Waals surface area contributed by atoms with Crippen LogP contribution in [0.1, 0.15) is 0 Å². The molecule has 2 aromatic rings. The summed E-state index contributed by atoms with van der Waals surface area (Å²) in [4.78, 5) is 7.92. The summed E-state index contributed by atoms with van der Waals surface area (Å²) in [6.45, 7) is 3.48. The minimum atomic E-state index is 0.159. The van der Waals surface area contributed by atoms with Crippen molar-refractivity contribution in [1.82, 2.24) is 9.97 Å². The molecule has 4 N–H and O–H groups in total. The van der Waals surface area contributed by atoms with Gasteiger partial charge in [0, 0.05) is 11.6 Å². The summed E-state index contributed by atoms with van der Waals surface area (Å²) >= 11 is 0. The zero-order chi connectivity index (χ0) is 12.3. The van der Waals surface area contributed by atoms with Crippen LogP contribution in [0.5, 0.6) is 5.75 Å². The van der Waals surface area contributed by atoms with Gasteiger partial charge >= 0.3 is 0 Å². The minimum absolute atomic E-state index is 0.159. The monoisotopic (exact) mass is 228 g/mol. The first kappa shape index (κ1) is 10.9. The number of nitrogens with zero attached hydrogens (tertiary/aromatic N) is 2. The zero-order valence-electron chi connectivity index (χ0n) is 9.13. The Morgan fingerprint density at radius 2 is 1.82 bits per heavy atom. The van der Waals surface area contributed by atoms with E-state index in [1.807, 2.05) is 24.3 Å². The Labute approximate surface area is 98.8 Å². The van der Waals surface area contributed by atoms with Crippen LogP contribution in [-0.4, -0.2) is 9.97 Å². The van der Waals surface area contributed by atoms with E-state index in [1.54, 1.807) is 6.07 Å². The van der Waals surface area contributed by atoms with Gasteiger partial charge in [-0.05, 0) is 24.3 Å². The number of hydrogen-bond donors (Lipinski definition) is 2. The smallest absolute Gasteiger partial charge is 0.222 e. The Kier molecular flexibility index (Phi) is 2.91. The van der Waals surface area contributed by atoms with Crippen molar-refractivity contribution in [3.05, 3.63) is 43.2 Å². The van der Waals surface area contributed by atoms with Gasteiger partial charge in [-0.15, -0.1) is 0 Å². The van der Waals surface area contributed by atoms with Crippen LogP contribution in [0.25, 0.3) is 11.3 Å². The minimum Gasteiger partial charge on any atom is -0.466 e. The molecule has 1 heterocycles. The van der Waals surface area contributed by atoms with E-state index in [0.29, 0.717) is 17.3 Å². The maximum Gasteiger partial charge on any atom is 0.222 e. The van der Waals surface area contributed by atoms with Crippen LogP contribution in [0.2, 0.25) is 0 Å². The van der Waals surface area contributed by atoms with E-state index in [1.165, 1.54) is 6.26 Å². The van der Waals surface area contributed by atoms with Gasteiger partial charge in [-0.2, -0.15) is 4.98 Å². The molecular weight excluding hydrogens is 216 g/mol. The third-order valence-corrected chi connectivity index (χ3v) is 2.13. The van der Waals surface area contributed by atoms with Gasteiger partial charge in [-0.25, -0.2) is 4.98 Å². The van der Waals surface area contributed by atoms with Crippen LogP contribution >= 0.6 is 0 Å². The number of nitrogens with two attached hydrogens (primary N) is 2. The highest BCUT2D eigenvalue weighted by molar-refractivity contribution is 5.63. The molecule has 0 saturated carbocycles.